The summed E-state index contributed by atoms with van der Waals surface area (Å²) in [5.41, 5.74) is 2.34. The van der Waals surface area contributed by atoms with Crippen molar-refractivity contribution in [2.24, 2.45) is 4.99 Å². The van der Waals surface area contributed by atoms with Crippen molar-refractivity contribution in [2.45, 2.75) is 33.2 Å². The molecular formula is C29H27N3O7S. The van der Waals surface area contributed by atoms with E-state index in [0.717, 1.165) is 23.4 Å². The van der Waals surface area contributed by atoms with E-state index in [9.17, 15) is 19.2 Å². The van der Waals surface area contributed by atoms with E-state index in [1.807, 2.05) is 31.2 Å². The third kappa shape index (κ3) is 4.32. The molecule has 0 saturated heterocycles. The zero-order valence-electron chi connectivity index (χ0n) is 22.6. The Bertz CT molecular complexity index is 1780. The smallest absolute Gasteiger partial charge is 0.338 e. The number of methoxy groups -OCH3 is 2. The van der Waals surface area contributed by atoms with Gasteiger partial charge in [0.2, 0.25) is 0 Å². The SMILES string of the molecule is CCCN1C(=O)C(=c2sc3n(c2=O)C(c2ccc(OC(C)=O)c(OC)c2)C(C(=O)OC)=C(C)N=3)c2ccccc21. The van der Waals surface area contributed by atoms with Crippen LogP contribution in [-0.4, -0.2) is 43.2 Å². The maximum atomic E-state index is 14.2. The van der Waals surface area contributed by atoms with Crippen LogP contribution < -0.4 is 29.3 Å². The average molecular weight is 562 g/mol. The monoisotopic (exact) mass is 561 g/mol. The van der Waals surface area contributed by atoms with E-state index in [-0.39, 0.29) is 27.5 Å². The van der Waals surface area contributed by atoms with Crippen LogP contribution in [0.2, 0.25) is 0 Å². The molecule has 2 aliphatic heterocycles. The minimum atomic E-state index is -0.933. The number of anilines is 1. The molecule has 0 radical (unpaired) electrons. The predicted molar refractivity (Wildman–Crippen MR) is 148 cm³/mol. The Labute approximate surface area is 233 Å². The number of carbonyl (C=O) groups is 3. The van der Waals surface area contributed by atoms with E-state index < -0.39 is 23.5 Å². The van der Waals surface area contributed by atoms with Gasteiger partial charge in [0.25, 0.3) is 11.5 Å². The molecule has 0 N–H and O–H groups in total. The molecule has 10 nitrogen and oxygen atoms in total. The number of hydrogen-bond donors (Lipinski definition) is 0. The molecule has 2 aliphatic rings. The molecule has 0 fully saturated rings. The average Bonchev–Trinajstić information content (AvgIpc) is 3.40. The fourth-order valence-electron chi connectivity index (χ4n) is 5.10. The molecule has 1 aromatic heterocycles. The Hall–Kier alpha value is -4.51. The van der Waals surface area contributed by atoms with E-state index in [1.54, 1.807) is 24.0 Å². The van der Waals surface area contributed by atoms with Crippen molar-refractivity contribution in [3.05, 3.63) is 84.5 Å². The molecule has 206 valence electrons. The predicted octanol–water partition coefficient (Wildman–Crippen LogP) is 2.47. The summed E-state index contributed by atoms with van der Waals surface area (Å²) < 4.78 is 17.4. The van der Waals surface area contributed by atoms with Crippen LogP contribution in [0, 0.1) is 0 Å². The van der Waals surface area contributed by atoms with Gasteiger partial charge in [0.15, 0.2) is 16.3 Å². The molecule has 0 saturated carbocycles. The number of ether oxygens (including phenoxy) is 3. The number of esters is 2. The van der Waals surface area contributed by atoms with Gasteiger partial charge in [0, 0.05) is 19.0 Å². The summed E-state index contributed by atoms with van der Waals surface area (Å²) in [6.07, 6.45) is 0.751. The Morgan fingerprint density at radius 2 is 1.82 bits per heavy atom. The van der Waals surface area contributed by atoms with Crippen molar-refractivity contribution in [1.82, 2.24) is 4.57 Å². The maximum absolute atomic E-state index is 14.2. The summed E-state index contributed by atoms with van der Waals surface area (Å²) in [6.45, 7) is 5.45. The zero-order chi connectivity index (χ0) is 28.7. The largest absolute Gasteiger partial charge is 0.493 e. The highest BCUT2D eigenvalue weighted by Crippen LogP contribution is 2.37. The number of allylic oxidation sites excluding steroid dienone is 1. The summed E-state index contributed by atoms with van der Waals surface area (Å²) in [6, 6.07) is 11.2. The molecule has 0 aliphatic carbocycles. The number of rotatable bonds is 6. The lowest BCUT2D eigenvalue weighted by molar-refractivity contribution is -0.136. The van der Waals surface area contributed by atoms with Crippen molar-refractivity contribution in [2.75, 3.05) is 25.7 Å². The summed E-state index contributed by atoms with van der Waals surface area (Å²) in [4.78, 5) is 59.0. The third-order valence-electron chi connectivity index (χ3n) is 6.76. The highest BCUT2D eigenvalue weighted by molar-refractivity contribution is 7.07. The van der Waals surface area contributed by atoms with E-state index >= 15 is 0 Å². The van der Waals surface area contributed by atoms with E-state index in [4.69, 9.17) is 14.2 Å². The maximum Gasteiger partial charge on any atom is 0.338 e. The third-order valence-corrected chi connectivity index (χ3v) is 7.81. The molecule has 3 aromatic rings. The molecule has 1 atom stereocenters. The quantitative estimate of drug-likeness (QED) is 0.335. The van der Waals surface area contributed by atoms with Gasteiger partial charge in [-0.1, -0.05) is 42.5 Å². The van der Waals surface area contributed by atoms with Gasteiger partial charge in [0.05, 0.1) is 42.8 Å². The number of thiazole rings is 1. The van der Waals surface area contributed by atoms with Gasteiger partial charge in [-0.15, -0.1) is 0 Å². The van der Waals surface area contributed by atoms with Gasteiger partial charge in [-0.3, -0.25) is 19.0 Å². The Balaban J connectivity index is 1.80. The standard InChI is InChI=1S/C29H27N3O7S/c1-6-13-31-19-10-8-7-9-18(19)23(26(31)34)25-27(35)32-24(22(28(36)38-5)15(2)30-29(32)40-25)17-11-12-20(39-16(3)33)21(14-17)37-4/h7-12,14,24H,6,13H2,1-5H3. The molecule has 1 unspecified atom stereocenters. The number of fused-ring (bicyclic) bond motifs is 2. The van der Waals surface area contributed by atoms with Gasteiger partial charge in [-0.25, -0.2) is 9.79 Å². The molecule has 1 amide bonds. The fraction of sp³-hybridized carbons (Fsp3) is 0.276. The van der Waals surface area contributed by atoms with Gasteiger partial charge >= 0.3 is 11.9 Å². The van der Waals surface area contributed by atoms with Gasteiger partial charge in [-0.05, 0) is 37.1 Å². The molecule has 0 spiro atoms. The Morgan fingerprint density at radius 1 is 1.07 bits per heavy atom. The van der Waals surface area contributed by atoms with E-state index in [1.165, 1.54) is 31.8 Å². The van der Waals surface area contributed by atoms with Gasteiger partial charge < -0.3 is 19.1 Å². The summed E-state index contributed by atoms with van der Waals surface area (Å²) >= 11 is 1.10. The first-order chi connectivity index (χ1) is 19.2. The topological polar surface area (TPSA) is 117 Å². The van der Waals surface area contributed by atoms with Crippen LogP contribution >= 0.6 is 11.3 Å². The second-order valence-corrected chi connectivity index (χ2v) is 10.2. The summed E-state index contributed by atoms with van der Waals surface area (Å²) in [7, 11) is 2.68. The second-order valence-electron chi connectivity index (χ2n) is 9.25. The number of amides is 1. The first kappa shape index (κ1) is 27.1. The first-order valence-electron chi connectivity index (χ1n) is 12.6. The van der Waals surface area contributed by atoms with Crippen molar-refractivity contribution >= 4 is 40.4 Å². The van der Waals surface area contributed by atoms with Crippen LogP contribution in [0.5, 0.6) is 11.5 Å². The van der Waals surface area contributed by atoms with E-state index in [0.29, 0.717) is 33.7 Å². The fourth-order valence-corrected chi connectivity index (χ4v) is 6.23. The molecule has 11 heteroatoms. The number of aromatic nitrogens is 1. The van der Waals surface area contributed by atoms with Crippen molar-refractivity contribution in [3.8, 4) is 11.5 Å². The normalized spacial score (nSPS) is 17.3. The first-order valence-corrected chi connectivity index (χ1v) is 13.4. The van der Waals surface area contributed by atoms with Gasteiger partial charge in [-0.2, -0.15) is 0 Å². The lowest BCUT2D eigenvalue weighted by atomic mass is 9.95. The summed E-state index contributed by atoms with van der Waals surface area (Å²) in [5.74, 6) is -0.987. The zero-order valence-corrected chi connectivity index (χ0v) is 23.5. The number of para-hydroxylation sites is 1. The number of hydrogen-bond acceptors (Lipinski definition) is 9. The lowest BCUT2D eigenvalue weighted by Crippen LogP contribution is -2.41. The van der Waals surface area contributed by atoms with Crippen LogP contribution in [0.1, 0.15) is 44.4 Å². The molecule has 2 aromatic carbocycles. The summed E-state index contributed by atoms with van der Waals surface area (Å²) in [5, 5.41) is 0. The van der Waals surface area contributed by atoms with Crippen LogP contribution in [0.3, 0.4) is 0 Å². The Kier molecular flexibility index (Phi) is 7.16. The lowest BCUT2D eigenvalue weighted by Gasteiger charge is -2.25. The highest BCUT2D eigenvalue weighted by atomic mass is 32.1. The van der Waals surface area contributed by atoms with Crippen molar-refractivity contribution < 1.29 is 28.6 Å². The molecule has 3 heterocycles. The van der Waals surface area contributed by atoms with Crippen molar-refractivity contribution in [3.63, 3.8) is 0 Å². The minimum absolute atomic E-state index is 0.166. The van der Waals surface area contributed by atoms with Crippen LogP contribution in [0.4, 0.5) is 5.69 Å². The number of nitrogens with zero attached hydrogens (tertiary/aromatic N) is 3. The van der Waals surface area contributed by atoms with Crippen LogP contribution in [-0.2, 0) is 19.1 Å². The molecular weight excluding hydrogens is 534 g/mol. The van der Waals surface area contributed by atoms with Crippen molar-refractivity contribution in [1.29, 1.82) is 0 Å². The number of benzene rings is 2. The molecule has 0 bridgehead atoms. The van der Waals surface area contributed by atoms with Gasteiger partial charge in [0.1, 0.15) is 4.53 Å². The second kappa shape index (κ2) is 10.6. The highest BCUT2D eigenvalue weighted by Gasteiger charge is 2.37. The van der Waals surface area contributed by atoms with Crippen LogP contribution in [0.25, 0.3) is 5.57 Å². The molecule has 40 heavy (non-hydrogen) atoms. The minimum Gasteiger partial charge on any atom is -0.493 e. The number of carbonyl (C=O) groups excluding carboxylic acids is 3. The van der Waals surface area contributed by atoms with Crippen LogP contribution in [0.15, 0.2) is 63.5 Å². The molecule has 5 rings (SSSR count). The van der Waals surface area contributed by atoms with E-state index in [2.05, 4.69) is 4.99 Å². The Morgan fingerprint density at radius 3 is 2.50 bits per heavy atom.